The van der Waals surface area contributed by atoms with Crippen LogP contribution in [0.5, 0.6) is 0 Å². The molecule has 0 aromatic rings. The Morgan fingerprint density at radius 1 is 1.36 bits per heavy atom. The van der Waals surface area contributed by atoms with E-state index < -0.39 is 0 Å². The quantitative estimate of drug-likeness (QED) is 0.534. The molecule has 3 aliphatic rings. The first kappa shape index (κ1) is 8.46. The number of hydrogen-bond donors (Lipinski definition) is 0. The van der Waals surface area contributed by atoms with Gasteiger partial charge in [0.05, 0.1) is 5.41 Å². The molecule has 1 nitrogen and oxygen atoms in total. The fourth-order valence-corrected chi connectivity index (χ4v) is 4.26. The minimum atomic E-state index is -0.201. The number of rotatable bonds is 0. The summed E-state index contributed by atoms with van der Waals surface area (Å²) in [6, 6.07) is 0. The molecule has 0 aromatic heterocycles. The molecule has 0 aliphatic heterocycles. The van der Waals surface area contributed by atoms with Gasteiger partial charge in [-0.25, -0.2) is 0 Å². The van der Waals surface area contributed by atoms with Crippen LogP contribution in [0.2, 0.25) is 0 Å². The van der Waals surface area contributed by atoms with Gasteiger partial charge >= 0.3 is 0 Å². The van der Waals surface area contributed by atoms with Crippen molar-refractivity contribution < 1.29 is 4.79 Å². The third-order valence-electron chi connectivity index (χ3n) is 4.87. The first-order valence-electron chi connectivity index (χ1n) is 5.52. The predicted octanol–water partition coefficient (Wildman–Crippen LogP) is 3.02. The van der Waals surface area contributed by atoms with E-state index in [9.17, 15) is 4.79 Å². The molecule has 0 saturated heterocycles. The van der Waals surface area contributed by atoms with Gasteiger partial charge in [-0.3, -0.25) is 4.79 Å². The zero-order valence-corrected chi connectivity index (χ0v) is 8.73. The van der Waals surface area contributed by atoms with Crippen LogP contribution >= 0.6 is 0 Å². The van der Waals surface area contributed by atoms with Crippen LogP contribution in [-0.2, 0) is 4.79 Å². The zero-order chi connectivity index (χ0) is 9.97. The lowest BCUT2D eigenvalue weighted by atomic mass is 9.66. The van der Waals surface area contributed by atoms with Crippen molar-refractivity contribution >= 4 is 5.78 Å². The lowest BCUT2D eigenvalue weighted by Crippen LogP contribution is -2.35. The van der Waals surface area contributed by atoms with Crippen molar-refractivity contribution in [3.05, 3.63) is 23.8 Å². The Morgan fingerprint density at radius 3 is 2.79 bits per heavy atom. The normalized spacial score (nSPS) is 45.4. The highest BCUT2D eigenvalue weighted by molar-refractivity contribution is 5.96. The Bertz CT molecular complexity index is 353. The molecule has 0 aromatic carbocycles. The molecule has 0 radical (unpaired) electrons. The Labute approximate surface area is 84.9 Å². The molecule has 3 aliphatic carbocycles. The standard InChI is InChI=1S/C13H16O/c1-9-3-6-12-7-4-10(2)13(9,12)11(14)5-8-12/h4H,1,3,5-8H2,2H3/t12-,13-/m0/s1. The Morgan fingerprint density at radius 2 is 2.07 bits per heavy atom. The summed E-state index contributed by atoms with van der Waals surface area (Å²) >= 11 is 0. The summed E-state index contributed by atoms with van der Waals surface area (Å²) in [6.45, 7) is 6.29. The Hall–Kier alpha value is -0.850. The number of allylic oxidation sites excluding steroid dienone is 3. The van der Waals surface area contributed by atoms with Gasteiger partial charge in [0, 0.05) is 6.42 Å². The van der Waals surface area contributed by atoms with Crippen LogP contribution in [0.4, 0.5) is 0 Å². The van der Waals surface area contributed by atoms with Gasteiger partial charge in [0.25, 0.3) is 0 Å². The van der Waals surface area contributed by atoms with E-state index in [2.05, 4.69) is 19.6 Å². The van der Waals surface area contributed by atoms with Crippen molar-refractivity contribution in [2.45, 2.75) is 39.0 Å². The maximum atomic E-state index is 12.2. The molecular weight excluding hydrogens is 172 g/mol. The van der Waals surface area contributed by atoms with Gasteiger partial charge in [-0.1, -0.05) is 23.8 Å². The second-order valence-corrected chi connectivity index (χ2v) is 5.15. The summed E-state index contributed by atoms with van der Waals surface area (Å²) < 4.78 is 0. The van der Waals surface area contributed by atoms with E-state index in [1.54, 1.807) is 0 Å². The average molecular weight is 188 g/mol. The van der Waals surface area contributed by atoms with Crippen LogP contribution in [0.25, 0.3) is 0 Å². The predicted molar refractivity (Wildman–Crippen MR) is 55.9 cm³/mol. The van der Waals surface area contributed by atoms with Crippen LogP contribution in [-0.4, -0.2) is 5.78 Å². The summed E-state index contributed by atoms with van der Waals surface area (Å²) in [6.07, 6.45) is 7.52. The first-order valence-corrected chi connectivity index (χ1v) is 5.52. The van der Waals surface area contributed by atoms with Crippen molar-refractivity contribution in [3.8, 4) is 0 Å². The molecule has 2 saturated carbocycles. The molecule has 0 bridgehead atoms. The summed E-state index contributed by atoms with van der Waals surface area (Å²) in [4.78, 5) is 12.2. The van der Waals surface area contributed by atoms with Crippen LogP contribution in [0.15, 0.2) is 23.8 Å². The monoisotopic (exact) mass is 188 g/mol. The Kier molecular flexibility index (Phi) is 1.33. The third kappa shape index (κ3) is 0.589. The van der Waals surface area contributed by atoms with Gasteiger partial charge in [-0.2, -0.15) is 0 Å². The SMILES string of the molecule is C=C1CC[C@@]23CC=C(C)[C@]12C(=O)CC3. The van der Waals surface area contributed by atoms with E-state index in [-0.39, 0.29) is 10.8 Å². The fraction of sp³-hybridized carbons (Fsp3) is 0.615. The molecule has 0 amide bonds. The second-order valence-electron chi connectivity index (χ2n) is 5.15. The van der Waals surface area contributed by atoms with Crippen LogP contribution in [0.3, 0.4) is 0 Å². The summed E-state index contributed by atoms with van der Waals surface area (Å²) in [5.41, 5.74) is 2.56. The maximum absolute atomic E-state index is 12.2. The van der Waals surface area contributed by atoms with Crippen molar-refractivity contribution in [2.75, 3.05) is 0 Å². The second kappa shape index (κ2) is 2.21. The van der Waals surface area contributed by atoms with E-state index in [0.717, 1.165) is 25.7 Å². The fourth-order valence-electron chi connectivity index (χ4n) is 4.26. The molecule has 0 spiro atoms. The highest BCUT2D eigenvalue weighted by Gasteiger charge is 2.66. The number of ketones is 1. The molecule has 74 valence electrons. The van der Waals surface area contributed by atoms with Gasteiger partial charge in [-0.15, -0.1) is 0 Å². The lowest BCUT2D eigenvalue weighted by Gasteiger charge is -2.35. The number of carbonyl (C=O) groups is 1. The van der Waals surface area contributed by atoms with E-state index >= 15 is 0 Å². The molecule has 0 N–H and O–H groups in total. The largest absolute Gasteiger partial charge is 0.298 e. The van der Waals surface area contributed by atoms with Gasteiger partial charge in [0.1, 0.15) is 5.78 Å². The summed E-state index contributed by atoms with van der Waals surface area (Å²) in [5.74, 6) is 0.450. The highest BCUT2D eigenvalue weighted by Crippen LogP contribution is 2.70. The molecule has 0 heterocycles. The van der Waals surface area contributed by atoms with E-state index in [1.807, 2.05) is 0 Å². The van der Waals surface area contributed by atoms with Crippen LogP contribution < -0.4 is 0 Å². The maximum Gasteiger partial charge on any atom is 0.147 e. The first-order chi connectivity index (χ1) is 6.63. The summed E-state index contributed by atoms with van der Waals surface area (Å²) in [5, 5.41) is 0. The summed E-state index contributed by atoms with van der Waals surface area (Å²) in [7, 11) is 0. The van der Waals surface area contributed by atoms with Gasteiger partial charge < -0.3 is 0 Å². The molecule has 14 heavy (non-hydrogen) atoms. The highest BCUT2D eigenvalue weighted by atomic mass is 16.1. The van der Waals surface area contributed by atoms with E-state index in [4.69, 9.17) is 0 Å². The van der Waals surface area contributed by atoms with Gasteiger partial charge in [0.15, 0.2) is 0 Å². The van der Waals surface area contributed by atoms with Crippen molar-refractivity contribution in [1.82, 2.24) is 0 Å². The van der Waals surface area contributed by atoms with Crippen molar-refractivity contribution in [3.63, 3.8) is 0 Å². The zero-order valence-electron chi connectivity index (χ0n) is 8.73. The van der Waals surface area contributed by atoms with Crippen molar-refractivity contribution in [2.24, 2.45) is 10.8 Å². The van der Waals surface area contributed by atoms with Gasteiger partial charge in [-0.05, 0) is 38.0 Å². The number of hydrogen-bond acceptors (Lipinski definition) is 1. The smallest absolute Gasteiger partial charge is 0.147 e. The number of carbonyl (C=O) groups excluding carboxylic acids is 1. The molecular formula is C13H16O. The van der Waals surface area contributed by atoms with Crippen molar-refractivity contribution in [1.29, 1.82) is 0 Å². The molecule has 2 fully saturated rings. The van der Waals surface area contributed by atoms with Crippen LogP contribution in [0.1, 0.15) is 39.0 Å². The van der Waals surface area contributed by atoms with Crippen LogP contribution in [0, 0.1) is 10.8 Å². The molecule has 2 atom stereocenters. The third-order valence-corrected chi connectivity index (χ3v) is 4.87. The topological polar surface area (TPSA) is 17.1 Å². The number of Topliss-reactive ketones (excluding diaryl/α,β-unsaturated/α-hetero) is 1. The molecule has 1 heteroatoms. The van der Waals surface area contributed by atoms with Gasteiger partial charge in [0.2, 0.25) is 0 Å². The minimum absolute atomic E-state index is 0.201. The minimum Gasteiger partial charge on any atom is -0.298 e. The Balaban J connectivity index is 2.28. The van der Waals surface area contributed by atoms with E-state index in [0.29, 0.717) is 5.78 Å². The van der Waals surface area contributed by atoms with E-state index in [1.165, 1.54) is 17.6 Å². The average Bonchev–Trinajstić information content (AvgIpc) is 2.71. The molecule has 3 rings (SSSR count). The molecule has 0 unspecified atom stereocenters. The lowest BCUT2D eigenvalue weighted by molar-refractivity contribution is -0.124.